The van der Waals surface area contributed by atoms with Crippen molar-refractivity contribution in [2.75, 3.05) is 0 Å². The fourth-order valence-corrected chi connectivity index (χ4v) is 15.2. The normalized spacial score (nSPS) is 12.6. The number of benzene rings is 14. The molecule has 362 valence electrons. The lowest BCUT2D eigenvalue weighted by atomic mass is 9.93. The van der Waals surface area contributed by atoms with Crippen LogP contribution in [0.5, 0.6) is 0 Å². The Bertz CT molecular complexity index is 5840. The summed E-state index contributed by atoms with van der Waals surface area (Å²) in [6, 6.07) is 96.6. The van der Waals surface area contributed by atoms with E-state index < -0.39 is 0 Å². The summed E-state index contributed by atoms with van der Waals surface area (Å²) in [5.74, 6) is 0. The van der Waals surface area contributed by atoms with Gasteiger partial charge in [0.25, 0.3) is 0 Å². The quantitative estimate of drug-likeness (QED) is 0.166. The molecule has 2 nitrogen and oxygen atoms in total. The lowest BCUT2D eigenvalue weighted by Gasteiger charge is -2.11. The molecule has 79 heavy (non-hydrogen) atoms. The maximum absolute atomic E-state index is 2.55. The monoisotopic (exact) mass is 1010 g/mol. The van der Waals surface area contributed by atoms with E-state index in [0.717, 1.165) is 0 Å². The van der Waals surface area contributed by atoms with E-state index in [4.69, 9.17) is 0 Å². The Morgan fingerprint density at radius 1 is 0.203 bits per heavy atom. The summed E-state index contributed by atoms with van der Waals surface area (Å²) in [6.07, 6.45) is 0. The van der Waals surface area contributed by atoms with E-state index in [1.807, 2.05) is 11.3 Å². The smallest absolute Gasteiger partial charge is 0.0620 e. The van der Waals surface area contributed by atoms with Gasteiger partial charge in [0, 0.05) is 63.3 Å². The largest absolute Gasteiger partial charge is 0.308 e. The highest BCUT2D eigenvalue weighted by molar-refractivity contribution is 7.25. The van der Waals surface area contributed by atoms with Crippen molar-refractivity contribution < 1.29 is 0 Å². The third kappa shape index (κ3) is 5.84. The zero-order valence-corrected chi connectivity index (χ0v) is 43.4. The molecule has 5 heterocycles. The van der Waals surface area contributed by atoms with Gasteiger partial charge in [-0.05, 0) is 185 Å². The minimum atomic E-state index is 1.22. The summed E-state index contributed by atoms with van der Waals surface area (Å²) < 4.78 is 7.75. The highest BCUT2D eigenvalue weighted by Gasteiger charge is 2.24. The van der Waals surface area contributed by atoms with Gasteiger partial charge in [-0.15, -0.1) is 11.3 Å². The number of rotatable bonds is 4. The molecule has 0 atom stereocenters. The van der Waals surface area contributed by atoms with Crippen LogP contribution in [-0.2, 0) is 0 Å². The van der Waals surface area contributed by atoms with Gasteiger partial charge in [-0.25, -0.2) is 0 Å². The molecule has 19 aromatic rings. The van der Waals surface area contributed by atoms with Gasteiger partial charge < -0.3 is 8.80 Å². The van der Waals surface area contributed by atoms with Crippen LogP contribution in [0.15, 0.2) is 255 Å². The van der Waals surface area contributed by atoms with Gasteiger partial charge in [0.15, 0.2) is 0 Å². The van der Waals surface area contributed by atoms with Gasteiger partial charge in [0.2, 0.25) is 0 Å². The molecule has 0 unspecified atom stereocenters. The van der Waals surface area contributed by atoms with Gasteiger partial charge in [-0.2, -0.15) is 0 Å². The molecule has 0 N–H and O–H groups in total. The van der Waals surface area contributed by atoms with Crippen molar-refractivity contribution in [3.8, 4) is 44.5 Å². The lowest BCUT2D eigenvalue weighted by molar-refractivity contribution is 1.38. The first kappa shape index (κ1) is 42.1. The van der Waals surface area contributed by atoms with E-state index in [1.54, 1.807) is 0 Å². The highest BCUT2D eigenvalue weighted by Crippen LogP contribution is 2.48. The Morgan fingerprint density at radius 2 is 0.633 bits per heavy atom. The van der Waals surface area contributed by atoms with Crippen LogP contribution in [-0.4, -0.2) is 8.80 Å². The summed E-state index contributed by atoms with van der Waals surface area (Å²) in [5, 5.41) is 22.9. The lowest BCUT2D eigenvalue weighted by Crippen LogP contribution is -1.86. The summed E-state index contributed by atoms with van der Waals surface area (Å²) in [5.41, 5.74) is 17.4. The van der Waals surface area contributed by atoms with Crippen molar-refractivity contribution >= 4 is 151 Å². The van der Waals surface area contributed by atoms with E-state index in [1.165, 1.54) is 184 Å². The Hall–Kier alpha value is -10.1. The van der Waals surface area contributed by atoms with Gasteiger partial charge in [0.1, 0.15) is 0 Å². The molecule has 0 bridgehead atoms. The molecule has 0 spiro atoms. The van der Waals surface area contributed by atoms with Crippen LogP contribution in [0.2, 0.25) is 0 Å². The fourth-order valence-electron chi connectivity index (χ4n) is 14.1. The number of thiophene rings is 1. The van der Waals surface area contributed by atoms with Crippen LogP contribution >= 0.6 is 11.3 Å². The van der Waals surface area contributed by atoms with Crippen LogP contribution in [0, 0.1) is 0 Å². The summed E-state index contributed by atoms with van der Waals surface area (Å²) >= 11 is 1.88. The number of fused-ring (bicyclic) bond motifs is 19. The second-order valence-electron chi connectivity index (χ2n) is 22.0. The molecule has 0 aliphatic carbocycles. The SMILES string of the molecule is c1ccc(-c2ccc(-c3cc4c5cc6ccccc6cc5n5c6cc7cccc(-c8ccc9cc%10c(cc9c8)c8cc(-c9ccc%11sc%12ccccc%12c%11c9)cc9c%11cc%12ccccc%12cc%11n%10c98)c7cc6c(c3)c45)cc2)cc1. The van der Waals surface area contributed by atoms with Crippen molar-refractivity contribution in [3.63, 3.8) is 0 Å². The molecule has 0 aliphatic rings. The summed E-state index contributed by atoms with van der Waals surface area (Å²) in [6.45, 7) is 0. The molecule has 0 amide bonds. The molecule has 19 rings (SSSR count). The van der Waals surface area contributed by atoms with Crippen LogP contribution in [0.3, 0.4) is 0 Å². The van der Waals surface area contributed by atoms with E-state index in [-0.39, 0.29) is 0 Å². The van der Waals surface area contributed by atoms with Crippen molar-refractivity contribution in [2.24, 2.45) is 0 Å². The van der Waals surface area contributed by atoms with Crippen molar-refractivity contribution in [2.45, 2.75) is 0 Å². The molecular weight excluding hydrogens is 973 g/mol. The fraction of sp³-hybridized carbons (Fsp3) is 0. The predicted molar refractivity (Wildman–Crippen MR) is 340 cm³/mol. The molecule has 0 saturated carbocycles. The van der Waals surface area contributed by atoms with E-state index in [9.17, 15) is 0 Å². The Kier molecular flexibility index (Phi) is 8.17. The number of nitrogens with zero attached hydrogens (tertiary/aromatic N) is 2. The number of hydrogen-bond acceptors (Lipinski definition) is 1. The molecule has 3 heteroatoms. The van der Waals surface area contributed by atoms with Crippen LogP contribution in [0.25, 0.3) is 184 Å². The van der Waals surface area contributed by atoms with Crippen LogP contribution in [0.4, 0.5) is 0 Å². The molecule has 0 radical (unpaired) electrons. The third-order valence-electron chi connectivity index (χ3n) is 17.8. The predicted octanol–water partition coefficient (Wildman–Crippen LogP) is 21.6. The minimum Gasteiger partial charge on any atom is -0.308 e. The van der Waals surface area contributed by atoms with Gasteiger partial charge in [-0.3, -0.25) is 0 Å². The third-order valence-corrected chi connectivity index (χ3v) is 19.0. The molecule has 5 aromatic heterocycles. The average Bonchev–Trinajstić information content (AvgIpc) is 4.38. The number of aromatic nitrogens is 2. The Morgan fingerprint density at radius 3 is 1.27 bits per heavy atom. The second-order valence-corrected chi connectivity index (χ2v) is 23.1. The van der Waals surface area contributed by atoms with E-state index in [0.29, 0.717) is 0 Å². The molecule has 14 aromatic carbocycles. The van der Waals surface area contributed by atoms with Gasteiger partial charge in [0.05, 0.1) is 33.1 Å². The first-order valence-corrected chi connectivity index (χ1v) is 28.2. The standard InChI is InChI=1S/C76H42N2S/c1-2-11-43(12-3-1)44-21-23-45(24-22-44)55-34-65-60-30-46-13-4-7-16-49(46)39-70(60)78-72-41-52-17-10-19-57(59(52)42-63(72)68(35-55)76(65)78)53-26-25-51-40-71-62(33-54(51)29-53)67-37-56(50-27-28-74-64(32-50)58-18-8-9-20-73(58)79-74)36-66-61-31-47-14-5-6-15-48(47)38-69(61)77(71)75(66)67/h1-42H. The van der Waals surface area contributed by atoms with Gasteiger partial charge in [-0.1, -0.05) is 158 Å². The second kappa shape index (κ2) is 15.3. The average molecular weight is 1020 g/mol. The Labute approximate surface area is 456 Å². The maximum Gasteiger partial charge on any atom is 0.0620 e. The van der Waals surface area contributed by atoms with E-state index in [2.05, 4.69) is 264 Å². The van der Waals surface area contributed by atoms with E-state index >= 15 is 0 Å². The molecule has 0 saturated heterocycles. The topological polar surface area (TPSA) is 8.82 Å². The maximum atomic E-state index is 2.55. The zero-order chi connectivity index (χ0) is 51.2. The van der Waals surface area contributed by atoms with Crippen molar-refractivity contribution in [1.29, 1.82) is 0 Å². The van der Waals surface area contributed by atoms with Crippen LogP contribution < -0.4 is 0 Å². The van der Waals surface area contributed by atoms with Crippen LogP contribution in [0.1, 0.15) is 0 Å². The molecular formula is C76H42N2S. The Balaban J connectivity index is 0.821. The first-order valence-electron chi connectivity index (χ1n) is 27.4. The summed E-state index contributed by atoms with van der Waals surface area (Å²) in [4.78, 5) is 0. The number of hydrogen-bond donors (Lipinski definition) is 0. The zero-order valence-electron chi connectivity index (χ0n) is 42.6. The summed E-state index contributed by atoms with van der Waals surface area (Å²) in [7, 11) is 0. The highest BCUT2D eigenvalue weighted by atomic mass is 32.1. The minimum absolute atomic E-state index is 1.22. The van der Waals surface area contributed by atoms with Crippen molar-refractivity contribution in [1.82, 2.24) is 8.80 Å². The van der Waals surface area contributed by atoms with Gasteiger partial charge >= 0.3 is 0 Å². The van der Waals surface area contributed by atoms with Crippen molar-refractivity contribution in [3.05, 3.63) is 255 Å². The molecule has 0 fully saturated rings. The first-order chi connectivity index (χ1) is 39.1. The molecule has 0 aliphatic heterocycles.